The molecular weight excluding hydrogens is 110 g/mol. The second-order valence-corrected chi connectivity index (χ2v) is 1.68. The average molecular weight is 119 g/mol. The number of hydrogen-bond donors (Lipinski definition) is 0. The molecular formula is C6H9F2. The summed E-state index contributed by atoms with van der Waals surface area (Å²) in [5.74, 6) is -2.76. The van der Waals surface area contributed by atoms with Gasteiger partial charge in [-0.1, -0.05) is 19.9 Å². The zero-order valence-electron chi connectivity index (χ0n) is 4.82. The molecule has 8 heavy (non-hydrogen) atoms. The number of hydrogen-bond acceptors (Lipinski definition) is 0. The summed E-state index contributed by atoms with van der Waals surface area (Å²) in [4.78, 5) is 0. The van der Waals surface area contributed by atoms with Gasteiger partial charge in [0.05, 0.1) is 0 Å². The molecule has 0 heterocycles. The molecule has 0 bridgehead atoms. The maximum Gasteiger partial charge on any atom is 0.266 e. The topological polar surface area (TPSA) is 0 Å². The van der Waals surface area contributed by atoms with Crippen LogP contribution in [0.3, 0.4) is 0 Å². The van der Waals surface area contributed by atoms with Crippen LogP contribution in [0.15, 0.2) is 6.08 Å². The monoisotopic (exact) mass is 119 g/mol. The van der Waals surface area contributed by atoms with E-state index in [2.05, 4.69) is 6.58 Å². The van der Waals surface area contributed by atoms with Gasteiger partial charge in [-0.25, -0.2) is 8.78 Å². The van der Waals surface area contributed by atoms with Gasteiger partial charge < -0.3 is 0 Å². The zero-order chi connectivity index (χ0) is 6.62. The molecule has 0 rings (SSSR count). The fourth-order valence-corrected chi connectivity index (χ4v) is 0.417. The molecule has 0 aromatic heterocycles. The first-order valence-electron chi connectivity index (χ1n) is 2.56. The molecule has 47 valence electrons. The minimum absolute atomic E-state index is 0.149. The van der Waals surface area contributed by atoms with Gasteiger partial charge in [0.2, 0.25) is 0 Å². The standard InChI is InChI=1S/C6H9F2/c1-3-5-6(7,8)4-2/h2,4H,3,5H2,1H3. The largest absolute Gasteiger partial charge is 0.266 e. The van der Waals surface area contributed by atoms with Gasteiger partial charge in [-0.2, -0.15) is 0 Å². The first-order chi connectivity index (χ1) is 3.62. The lowest BCUT2D eigenvalue weighted by Gasteiger charge is -2.06. The molecule has 0 fully saturated rings. The van der Waals surface area contributed by atoms with Gasteiger partial charge in [-0.05, 0) is 6.08 Å². The van der Waals surface area contributed by atoms with Crippen molar-refractivity contribution in [2.45, 2.75) is 25.7 Å². The molecule has 2 heteroatoms. The summed E-state index contributed by atoms with van der Waals surface area (Å²) in [6.07, 6.45) is 0.751. The fourth-order valence-electron chi connectivity index (χ4n) is 0.417. The molecule has 0 spiro atoms. The highest BCUT2D eigenvalue weighted by molar-refractivity contribution is 4.83. The molecule has 0 nitrogen and oxygen atoms in total. The number of rotatable bonds is 3. The predicted molar refractivity (Wildman–Crippen MR) is 28.7 cm³/mol. The molecule has 0 saturated heterocycles. The molecule has 0 saturated carbocycles. The van der Waals surface area contributed by atoms with Gasteiger partial charge in [-0.15, -0.1) is 0 Å². The third-order valence-electron chi connectivity index (χ3n) is 0.827. The van der Waals surface area contributed by atoms with Crippen LogP contribution in [-0.4, -0.2) is 5.92 Å². The second kappa shape index (κ2) is 2.80. The fraction of sp³-hybridized carbons (Fsp3) is 0.667. The van der Waals surface area contributed by atoms with Gasteiger partial charge >= 0.3 is 0 Å². The van der Waals surface area contributed by atoms with Gasteiger partial charge in [-0.3, -0.25) is 0 Å². The van der Waals surface area contributed by atoms with Crippen molar-refractivity contribution in [1.82, 2.24) is 0 Å². The molecule has 0 aliphatic rings. The van der Waals surface area contributed by atoms with Crippen LogP contribution in [0, 0.1) is 6.58 Å². The van der Waals surface area contributed by atoms with Crippen LogP contribution in [0.4, 0.5) is 8.78 Å². The van der Waals surface area contributed by atoms with Crippen LogP contribution in [0.25, 0.3) is 0 Å². The Morgan fingerprint density at radius 2 is 2.12 bits per heavy atom. The number of allylic oxidation sites excluding steroid dienone is 1. The summed E-state index contributed by atoms with van der Waals surface area (Å²) in [6, 6.07) is 0. The quantitative estimate of drug-likeness (QED) is 0.535. The molecule has 0 amide bonds. The number of alkyl halides is 2. The Balaban J connectivity index is 3.53. The maximum absolute atomic E-state index is 12.0. The SMILES string of the molecule is [CH]=CC(F)(F)CCC. The van der Waals surface area contributed by atoms with E-state index in [1.165, 1.54) is 0 Å². The summed E-state index contributed by atoms with van der Waals surface area (Å²) >= 11 is 0. The maximum atomic E-state index is 12.0. The van der Waals surface area contributed by atoms with Crippen LogP contribution in [0.5, 0.6) is 0 Å². The van der Waals surface area contributed by atoms with E-state index < -0.39 is 5.92 Å². The van der Waals surface area contributed by atoms with E-state index in [9.17, 15) is 8.78 Å². The molecule has 0 aliphatic carbocycles. The first kappa shape index (κ1) is 7.60. The lowest BCUT2D eigenvalue weighted by Crippen LogP contribution is -2.09. The van der Waals surface area contributed by atoms with Crippen LogP contribution in [0.2, 0.25) is 0 Å². The lowest BCUT2D eigenvalue weighted by molar-refractivity contribution is 0.0449. The van der Waals surface area contributed by atoms with Crippen LogP contribution >= 0.6 is 0 Å². The Morgan fingerprint density at radius 1 is 1.62 bits per heavy atom. The number of halogens is 2. The van der Waals surface area contributed by atoms with Crippen molar-refractivity contribution in [3.8, 4) is 0 Å². The van der Waals surface area contributed by atoms with Crippen molar-refractivity contribution < 1.29 is 8.78 Å². The van der Waals surface area contributed by atoms with Crippen molar-refractivity contribution >= 4 is 0 Å². The second-order valence-electron chi connectivity index (χ2n) is 1.68. The summed E-state index contributed by atoms with van der Waals surface area (Å²) in [7, 11) is 0. The first-order valence-corrected chi connectivity index (χ1v) is 2.56. The van der Waals surface area contributed by atoms with Crippen molar-refractivity contribution in [2.75, 3.05) is 0 Å². The van der Waals surface area contributed by atoms with Gasteiger partial charge in [0.15, 0.2) is 0 Å². The normalized spacial score (nSPS) is 11.4. The van der Waals surface area contributed by atoms with E-state index in [0.717, 1.165) is 0 Å². The van der Waals surface area contributed by atoms with Crippen LogP contribution < -0.4 is 0 Å². The highest BCUT2D eigenvalue weighted by atomic mass is 19.3. The van der Waals surface area contributed by atoms with Gasteiger partial charge in [0.1, 0.15) is 0 Å². The Hall–Kier alpha value is -0.400. The Kier molecular flexibility index (Phi) is 2.66. The Bertz CT molecular complexity index is 76.6. The van der Waals surface area contributed by atoms with E-state index in [4.69, 9.17) is 0 Å². The van der Waals surface area contributed by atoms with Gasteiger partial charge in [0.25, 0.3) is 5.92 Å². The molecule has 0 aromatic rings. The van der Waals surface area contributed by atoms with Crippen molar-refractivity contribution in [1.29, 1.82) is 0 Å². The van der Waals surface area contributed by atoms with E-state index >= 15 is 0 Å². The van der Waals surface area contributed by atoms with Gasteiger partial charge in [0, 0.05) is 6.42 Å². The lowest BCUT2D eigenvalue weighted by atomic mass is 10.2. The highest BCUT2D eigenvalue weighted by Gasteiger charge is 2.21. The molecule has 0 atom stereocenters. The van der Waals surface area contributed by atoms with E-state index in [0.29, 0.717) is 12.5 Å². The van der Waals surface area contributed by atoms with E-state index in [1.807, 2.05) is 0 Å². The Labute approximate surface area is 48.2 Å². The summed E-state index contributed by atoms with van der Waals surface area (Å²) in [6.45, 7) is 6.31. The van der Waals surface area contributed by atoms with Crippen LogP contribution in [0.1, 0.15) is 19.8 Å². The van der Waals surface area contributed by atoms with Crippen molar-refractivity contribution in [3.63, 3.8) is 0 Å². The molecule has 0 unspecified atom stereocenters. The summed E-state index contributed by atoms with van der Waals surface area (Å²) in [5.41, 5.74) is 0. The van der Waals surface area contributed by atoms with Crippen LogP contribution in [-0.2, 0) is 0 Å². The summed E-state index contributed by atoms with van der Waals surface area (Å²) in [5, 5.41) is 0. The van der Waals surface area contributed by atoms with Crippen molar-refractivity contribution in [3.05, 3.63) is 12.7 Å². The minimum Gasteiger partial charge on any atom is -0.202 e. The predicted octanol–water partition coefficient (Wildman–Crippen LogP) is 2.41. The van der Waals surface area contributed by atoms with E-state index in [1.54, 1.807) is 6.92 Å². The average Bonchev–Trinajstić information content (AvgIpc) is 1.67. The zero-order valence-corrected chi connectivity index (χ0v) is 4.82. The van der Waals surface area contributed by atoms with E-state index in [-0.39, 0.29) is 6.42 Å². The molecule has 0 N–H and O–H groups in total. The summed E-state index contributed by atoms with van der Waals surface area (Å²) < 4.78 is 23.9. The molecule has 1 radical (unpaired) electrons. The van der Waals surface area contributed by atoms with Crippen molar-refractivity contribution in [2.24, 2.45) is 0 Å². The Morgan fingerprint density at radius 3 is 2.25 bits per heavy atom. The smallest absolute Gasteiger partial charge is 0.202 e. The third-order valence-corrected chi connectivity index (χ3v) is 0.827. The highest BCUT2D eigenvalue weighted by Crippen LogP contribution is 2.19. The molecule has 0 aliphatic heterocycles. The minimum atomic E-state index is -2.76. The third kappa shape index (κ3) is 2.72. The molecule has 0 aromatic carbocycles.